The summed E-state index contributed by atoms with van der Waals surface area (Å²) in [5, 5.41) is 8.24. The molecule has 6 nitrogen and oxygen atoms in total. The summed E-state index contributed by atoms with van der Waals surface area (Å²) in [5.41, 5.74) is 2.61. The molecule has 2 aromatic heterocycles. The molecule has 0 unspecified atom stereocenters. The van der Waals surface area contributed by atoms with Gasteiger partial charge in [-0.05, 0) is 35.9 Å². The molecule has 0 saturated carbocycles. The third-order valence-corrected chi connectivity index (χ3v) is 4.20. The Morgan fingerprint density at radius 2 is 2.08 bits per heavy atom. The quantitative estimate of drug-likeness (QED) is 0.585. The number of carbonyl (C=O) groups is 1. The summed E-state index contributed by atoms with van der Waals surface area (Å²) < 4.78 is 5.08. The van der Waals surface area contributed by atoms with Crippen molar-refractivity contribution >= 4 is 28.4 Å². The number of rotatable bonds is 4. The van der Waals surface area contributed by atoms with Gasteiger partial charge in [0, 0.05) is 34.2 Å². The Labute approximate surface area is 147 Å². The van der Waals surface area contributed by atoms with Crippen LogP contribution >= 0.6 is 11.6 Å². The number of amides is 1. The Bertz CT molecular complexity index is 1050. The fourth-order valence-corrected chi connectivity index (χ4v) is 2.72. The van der Waals surface area contributed by atoms with E-state index in [1.165, 1.54) is 0 Å². The normalized spacial score (nSPS) is 10.9. The molecule has 2 aromatic carbocycles. The molecule has 25 heavy (non-hydrogen) atoms. The van der Waals surface area contributed by atoms with Crippen LogP contribution in [0.5, 0.6) is 0 Å². The molecular formula is C18H13ClN4O2. The Morgan fingerprint density at radius 1 is 1.20 bits per heavy atom. The van der Waals surface area contributed by atoms with Crippen LogP contribution in [-0.4, -0.2) is 21.0 Å². The molecule has 0 fully saturated rings. The van der Waals surface area contributed by atoms with E-state index >= 15 is 0 Å². The van der Waals surface area contributed by atoms with E-state index in [4.69, 9.17) is 16.1 Å². The molecule has 0 aliphatic heterocycles. The van der Waals surface area contributed by atoms with Crippen molar-refractivity contribution in [3.8, 4) is 11.4 Å². The van der Waals surface area contributed by atoms with E-state index in [0.29, 0.717) is 10.8 Å². The van der Waals surface area contributed by atoms with Gasteiger partial charge in [0.1, 0.15) is 0 Å². The van der Waals surface area contributed by atoms with Gasteiger partial charge in [-0.25, -0.2) is 0 Å². The minimum absolute atomic E-state index is 0.0868. The molecule has 4 rings (SSSR count). The average Bonchev–Trinajstić information content (AvgIpc) is 3.29. The van der Waals surface area contributed by atoms with Gasteiger partial charge in [0.2, 0.25) is 5.82 Å². The maximum atomic E-state index is 12.2. The molecule has 2 N–H and O–H groups in total. The predicted octanol–water partition coefficient (Wildman–Crippen LogP) is 3.80. The highest BCUT2D eigenvalue weighted by Crippen LogP contribution is 2.21. The summed E-state index contributed by atoms with van der Waals surface area (Å²) in [6.45, 7) is 0.283. The van der Waals surface area contributed by atoms with E-state index in [2.05, 4.69) is 20.4 Å². The highest BCUT2D eigenvalue weighted by molar-refractivity contribution is 6.31. The zero-order valence-electron chi connectivity index (χ0n) is 13.0. The largest absolute Gasteiger partial charge is 0.361 e. The SMILES string of the molecule is O=C(NCc1ccccc1Cl)c1nc(-c2ccc3[nH]ccc3c2)no1. The summed E-state index contributed by atoms with van der Waals surface area (Å²) >= 11 is 6.07. The summed E-state index contributed by atoms with van der Waals surface area (Å²) in [4.78, 5) is 19.5. The molecule has 0 saturated heterocycles. The second kappa shape index (κ2) is 6.41. The van der Waals surface area contributed by atoms with Crippen LogP contribution in [-0.2, 0) is 6.54 Å². The average molecular weight is 353 g/mol. The van der Waals surface area contributed by atoms with Crippen molar-refractivity contribution in [3.05, 3.63) is 71.2 Å². The van der Waals surface area contributed by atoms with Gasteiger partial charge in [-0.15, -0.1) is 0 Å². The van der Waals surface area contributed by atoms with Gasteiger partial charge in [-0.3, -0.25) is 4.79 Å². The number of fused-ring (bicyclic) bond motifs is 1. The predicted molar refractivity (Wildman–Crippen MR) is 94.2 cm³/mol. The Balaban J connectivity index is 1.50. The first-order chi connectivity index (χ1) is 12.2. The topological polar surface area (TPSA) is 83.8 Å². The Morgan fingerprint density at radius 3 is 2.96 bits per heavy atom. The summed E-state index contributed by atoms with van der Waals surface area (Å²) in [5.74, 6) is -0.163. The lowest BCUT2D eigenvalue weighted by atomic mass is 10.1. The monoisotopic (exact) mass is 352 g/mol. The van der Waals surface area contributed by atoms with Gasteiger partial charge < -0.3 is 14.8 Å². The van der Waals surface area contributed by atoms with Crippen LogP contribution in [0.25, 0.3) is 22.3 Å². The smallest absolute Gasteiger partial charge is 0.316 e. The molecule has 0 aliphatic carbocycles. The number of aromatic nitrogens is 3. The molecule has 0 spiro atoms. The molecule has 7 heteroatoms. The number of nitrogens with one attached hydrogen (secondary N) is 2. The van der Waals surface area contributed by atoms with Crippen molar-refractivity contribution in [2.45, 2.75) is 6.54 Å². The standard InChI is InChI=1S/C18H13ClN4O2/c19-14-4-2-1-3-13(14)10-21-17(24)18-22-16(23-25-18)12-5-6-15-11(9-12)7-8-20-15/h1-9,20H,10H2,(H,21,24). The lowest BCUT2D eigenvalue weighted by Gasteiger charge is -2.04. The summed E-state index contributed by atoms with van der Waals surface area (Å²) in [7, 11) is 0. The van der Waals surface area contributed by atoms with E-state index in [1.807, 2.05) is 48.7 Å². The first kappa shape index (κ1) is 15.4. The Hall–Kier alpha value is -3.12. The minimum atomic E-state index is -0.443. The fraction of sp³-hybridized carbons (Fsp3) is 0.0556. The number of halogens is 1. The maximum absolute atomic E-state index is 12.2. The number of hydrogen-bond acceptors (Lipinski definition) is 4. The lowest BCUT2D eigenvalue weighted by Crippen LogP contribution is -2.23. The van der Waals surface area contributed by atoms with Crippen molar-refractivity contribution < 1.29 is 9.32 Å². The van der Waals surface area contributed by atoms with Crippen molar-refractivity contribution in [2.24, 2.45) is 0 Å². The third kappa shape index (κ3) is 3.12. The second-order valence-corrected chi connectivity index (χ2v) is 5.88. The van der Waals surface area contributed by atoms with Crippen molar-refractivity contribution in [3.63, 3.8) is 0 Å². The van der Waals surface area contributed by atoms with E-state index < -0.39 is 5.91 Å². The zero-order valence-corrected chi connectivity index (χ0v) is 13.7. The van der Waals surface area contributed by atoms with Gasteiger partial charge in [-0.2, -0.15) is 4.98 Å². The van der Waals surface area contributed by atoms with Crippen LogP contribution in [0.1, 0.15) is 16.2 Å². The van der Waals surface area contributed by atoms with Gasteiger partial charge in [0.05, 0.1) is 0 Å². The zero-order chi connectivity index (χ0) is 17.2. The van der Waals surface area contributed by atoms with Gasteiger partial charge >= 0.3 is 11.8 Å². The van der Waals surface area contributed by atoms with Crippen molar-refractivity contribution in [1.82, 2.24) is 20.4 Å². The van der Waals surface area contributed by atoms with E-state index in [-0.39, 0.29) is 12.4 Å². The van der Waals surface area contributed by atoms with E-state index in [9.17, 15) is 4.79 Å². The molecule has 124 valence electrons. The second-order valence-electron chi connectivity index (χ2n) is 5.48. The summed E-state index contributed by atoms with van der Waals surface area (Å²) in [6, 6.07) is 15.0. The fourth-order valence-electron chi connectivity index (χ4n) is 2.52. The number of carbonyl (C=O) groups excluding carboxylic acids is 1. The highest BCUT2D eigenvalue weighted by Gasteiger charge is 2.16. The van der Waals surface area contributed by atoms with E-state index in [0.717, 1.165) is 22.0 Å². The highest BCUT2D eigenvalue weighted by atomic mass is 35.5. The molecular weight excluding hydrogens is 340 g/mol. The number of H-pyrrole nitrogens is 1. The van der Waals surface area contributed by atoms with E-state index in [1.54, 1.807) is 6.07 Å². The van der Waals surface area contributed by atoms with Crippen LogP contribution in [0, 0.1) is 0 Å². The van der Waals surface area contributed by atoms with Crippen molar-refractivity contribution in [2.75, 3.05) is 0 Å². The first-order valence-electron chi connectivity index (χ1n) is 7.63. The lowest BCUT2D eigenvalue weighted by molar-refractivity contribution is 0.0907. The molecule has 0 radical (unpaired) electrons. The maximum Gasteiger partial charge on any atom is 0.316 e. The van der Waals surface area contributed by atoms with Gasteiger partial charge in [0.15, 0.2) is 0 Å². The van der Waals surface area contributed by atoms with Crippen molar-refractivity contribution in [1.29, 1.82) is 0 Å². The van der Waals surface area contributed by atoms with Crippen LogP contribution < -0.4 is 5.32 Å². The van der Waals surface area contributed by atoms with Gasteiger partial charge in [0.25, 0.3) is 0 Å². The number of aromatic amines is 1. The molecule has 4 aromatic rings. The third-order valence-electron chi connectivity index (χ3n) is 3.83. The first-order valence-corrected chi connectivity index (χ1v) is 8.01. The molecule has 1 amide bonds. The molecule has 2 heterocycles. The molecule has 0 atom stereocenters. The number of hydrogen-bond donors (Lipinski definition) is 2. The van der Waals surface area contributed by atoms with Crippen LogP contribution in [0.3, 0.4) is 0 Å². The van der Waals surface area contributed by atoms with Gasteiger partial charge in [-0.1, -0.05) is 35.0 Å². The Kier molecular flexibility index (Phi) is 3.95. The molecule has 0 aliphatic rings. The van der Waals surface area contributed by atoms with Crippen LogP contribution in [0.4, 0.5) is 0 Å². The number of benzene rings is 2. The molecule has 0 bridgehead atoms. The summed E-state index contributed by atoms with van der Waals surface area (Å²) in [6.07, 6.45) is 1.86. The van der Waals surface area contributed by atoms with Crippen LogP contribution in [0.15, 0.2) is 59.3 Å². The van der Waals surface area contributed by atoms with Crippen LogP contribution in [0.2, 0.25) is 5.02 Å². The number of nitrogens with zero attached hydrogens (tertiary/aromatic N) is 2. The minimum Gasteiger partial charge on any atom is -0.361 e.